The highest BCUT2D eigenvalue weighted by atomic mass is 32.2. The number of benzene rings is 1. The highest BCUT2D eigenvalue weighted by Crippen LogP contribution is 2.37. The van der Waals surface area contributed by atoms with Gasteiger partial charge in [0.1, 0.15) is 10.8 Å². The fraction of sp³-hybridized carbons (Fsp3) is 0.375. The van der Waals surface area contributed by atoms with Crippen molar-refractivity contribution < 1.29 is 4.74 Å². The van der Waals surface area contributed by atoms with E-state index in [-0.39, 0.29) is 0 Å². The van der Waals surface area contributed by atoms with E-state index >= 15 is 0 Å². The number of rotatable bonds is 7. The Labute approximate surface area is 148 Å². The van der Waals surface area contributed by atoms with Gasteiger partial charge in [0.15, 0.2) is 0 Å². The third kappa shape index (κ3) is 3.44. The van der Waals surface area contributed by atoms with Crippen LogP contribution in [0.4, 0.5) is 0 Å². The normalized spacial score (nSPS) is 14.0. The molecule has 2 aromatic heterocycles. The minimum Gasteiger partial charge on any atom is -0.494 e. The van der Waals surface area contributed by atoms with Gasteiger partial charge in [-0.25, -0.2) is 9.67 Å². The van der Waals surface area contributed by atoms with Gasteiger partial charge in [-0.05, 0) is 54.5 Å². The molecule has 6 nitrogen and oxygen atoms in total. The van der Waals surface area contributed by atoms with Crippen LogP contribution in [0.2, 0.25) is 0 Å². The van der Waals surface area contributed by atoms with Crippen LogP contribution in [0.5, 0.6) is 5.75 Å². The van der Waals surface area contributed by atoms with Crippen molar-refractivity contribution in [1.29, 1.82) is 0 Å². The zero-order chi connectivity index (χ0) is 16.4. The molecule has 0 amide bonds. The molecule has 1 aliphatic carbocycles. The van der Waals surface area contributed by atoms with Crippen molar-refractivity contribution in [2.75, 3.05) is 6.61 Å². The monoisotopic (exact) mass is 359 g/mol. The van der Waals surface area contributed by atoms with E-state index in [1.807, 2.05) is 35.9 Å². The molecule has 3 aromatic rings. The van der Waals surface area contributed by atoms with Crippen LogP contribution in [0.25, 0.3) is 10.6 Å². The van der Waals surface area contributed by atoms with Crippen LogP contribution in [-0.4, -0.2) is 31.8 Å². The number of thiazole rings is 1. The van der Waals surface area contributed by atoms with Gasteiger partial charge in [0, 0.05) is 16.7 Å². The highest BCUT2D eigenvalue weighted by molar-refractivity contribution is 7.98. The van der Waals surface area contributed by atoms with Gasteiger partial charge in [0.2, 0.25) is 5.16 Å². The van der Waals surface area contributed by atoms with Crippen LogP contribution in [0.15, 0.2) is 34.8 Å². The Morgan fingerprint density at radius 3 is 2.88 bits per heavy atom. The number of thioether (sulfide) groups is 1. The van der Waals surface area contributed by atoms with Crippen LogP contribution < -0.4 is 4.74 Å². The highest BCUT2D eigenvalue weighted by Gasteiger charge is 2.27. The molecule has 8 heteroatoms. The molecule has 0 saturated heterocycles. The second kappa shape index (κ2) is 6.90. The lowest BCUT2D eigenvalue weighted by Gasteiger charge is -2.03. The van der Waals surface area contributed by atoms with Crippen molar-refractivity contribution in [2.45, 2.75) is 36.7 Å². The van der Waals surface area contributed by atoms with Crippen LogP contribution >= 0.6 is 23.1 Å². The largest absolute Gasteiger partial charge is 0.494 e. The maximum Gasteiger partial charge on any atom is 0.209 e. The van der Waals surface area contributed by atoms with Crippen molar-refractivity contribution in [3.05, 3.63) is 35.3 Å². The SMILES string of the molecule is CCOc1ccc(-c2nc(CSc3nnnn3C3CC3)cs2)cc1. The van der Waals surface area contributed by atoms with Crippen molar-refractivity contribution in [2.24, 2.45) is 0 Å². The summed E-state index contributed by atoms with van der Waals surface area (Å²) in [6.07, 6.45) is 2.36. The number of tetrazole rings is 1. The Morgan fingerprint density at radius 2 is 2.12 bits per heavy atom. The van der Waals surface area contributed by atoms with Gasteiger partial charge in [0.25, 0.3) is 0 Å². The van der Waals surface area contributed by atoms with E-state index < -0.39 is 0 Å². The summed E-state index contributed by atoms with van der Waals surface area (Å²) in [6, 6.07) is 8.57. The lowest BCUT2D eigenvalue weighted by Crippen LogP contribution is -1.98. The van der Waals surface area contributed by atoms with Crippen LogP contribution in [0.1, 0.15) is 31.5 Å². The maximum absolute atomic E-state index is 5.48. The van der Waals surface area contributed by atoms with Crippen LogP contribution in [0.3, 0.4) is 0 Å². The number of ether oxygens (including phenoxy) is 1. The second-order valence-electron chi connectivity index (χ2n) is 5.53. The Morgan fingerprint density at radius 1 is 1.29 bits per heavy atom. The molecule has 0 atom stereocenters. The Hall–Kier alpha value is -1.93. The predicted octanol–water partition coefficient (Wildman–Crippen LogP) is 3.82. The molecule has 1 aliphatic rings. The van der Waals surface area contributed by atoms with Gasteiger partial charge in [-0.1, -0.05) is 11.8 Å². The first kappa shape index (κ1) is 15.6. The lowest BCUT2D eigenvalue weighted by molar-refractivity contribution is 0.340. The fourth-order valence-corrected chi connectivity index (χ4v) is 4.10. The first-order valence-corrected chi connectivity index (χ1v) is 9.78. The Bertz CT molecular complexity index is 810. The predicted molar refractivity (Wildman–Crippen MR) is 94.4 cm³/mol. The molecule has 1 fully saturated rings. The van der Waals surface area contributed by atoms with E-state index in [0.29, 0.717) is 12.6 Å². The Balaban J connectivity index is 1.41. The molecule has 0 radical (unpaired) electrons. The summed E-state index contributed by atoms with van der Waals surface area (Å²) in [7, 11) is 0. The summed E-state index contributed by atoms with van der Waals surface area (Å²) in [5.41, 5.74) is 2.17. The molecule has 0 bridgehead atoms. The molecule has 0 N–H and O–H groups in total. The lowest BCUT2D eigenvalue weighted by atomic mass is 10.2. The molecule has 24 heavy (non-hydrogen) atoms. The zero-order valence-electron chi connectivity index (χ0n) is 13.3. The summed E-state index contributed by atoms with van der Waals surface area (Å²) in [5.74, 6) is 1.67. The van der Waals surface area contributed by atoms with Crippen molar-refractivity contribution in [3.8, 4) is 16.3 Å². The van der Waals surface area contributed by atoms with E-state index in [1.165, 1.54) is 12.8 Å². The minimum atomic E-state index is 0.498. The van der Waals surface area contributed by atoms with Gasteiger partial charge in [0.05, 0.1) is 18.3 Å². The summed E-state index contributed by atoms with van der Waals surface area (Å²) in [5, 5.41) is 16.0. The summed E-state index contributed by atoms with van der Waals surface area (Å²) < 4.78 is 7.41. The minimum absolute atomic E-state index is 0.498. The molecule has 2 heterocycles. The number of aromatic nitrogens is 5. The molecule has 0 aliphatic heterocycles. The standard InChI is InChI=1S/C16H17N5OS2/c1-2-22-14-7-3-11(4-8-14)15-17-12(9-23-15)10-24-16-18-19-20-21(16)13-5-6-13/h3-4,7-9,13H,2,5-6,10H2,1H3. The van der Waals surface area contributed by atoms with Crippen LogP contribution in [-0.2, 0) is 5.75 Å². The Kier molecular flexibility index (Phi) is 4.48. The quantitative estimate of drug-likeness (QED) is 0.598. The average Bonchev–Trinajstić information content (AvgIpc) is 3.16. The average molecular weight is 359 g/mol. The van der Waals surface area contributed by atoms with Gasteiger partial charge < -0.3 is 4.74 Å². The van der Waals surface area contributed by atoms with Gasteiger partial charge in [-0.2, -0.15) is 0 Å². The third-order valence-electron chi connectivity index (χ3n) is 3.67. The van der Waals surface area contributed by atoms with E-state index in [1.54, 1.807) is 23.1 Å². The number of hydrogen-bond donors (Lipinski definition) is 0. The topological polar surface area (TPSA) is 65.7 Å². The first-order valence-electron chi connectivity index (χ1n) is 7.92. The molecule has 124 valence electrons. The van der Waals surface area contributed by atoms with Gasteiger partial charge in [-0.15, -0.1) is 16.4 Å². The summed E-state index contributed by atoms with van der Waals surface area (Å²) in [6.45, 7) is 2.66. The molecular weight excluding hydrogens is 342 g/mol. The van der Waals surface area contributed by atoms with Crippen molar-refractivity contribution >= 4 is 23.1 Å². The first-order chi connectivity index (χ1) is 11.8. The molecule has 1 saturated carbocycles. The van der Waals surface area contributed by atoms with Gasteiger partial charge >= 0.3 is 0 Å². The zero-order valence-corrected chi connectivity index (χ0v) is 14.9. The summed E-state index contributed by atoms with van der Waals surface area (Å²) >= 11 is 3.30. The van der Waals surface area contributed by atoms with Crippen molar-refractivity contribution in [1.82, 2.24) is 25.2 Å². The van der Waals surface area contributed by atoms with Crippen LogP contribution in [0, 0.1) is 0 Å². The number of nitrogens with zero attached hydrogens (tertiary/aromatic N) is 5. The van der Waals surface area contributed by atoms with Crippen molar-refractivity contribution in [3.63, 3.8) is 0 Å². The number of hydrogen-bond acceptors (Lipinski definition) is 7. The maximum atomic E-state index is 5.48. The van der Waals surface area contributed by atoms with E-state index in [0.717, 1.165) is 32.9 Å². The molecular formula is C16H17N5OS2. The van der Waals surface area contributed by atoms with Gasteiger partial charge in [-0.3, -0.25) is 0 Å². The molecule has 4 rings (SSSR count). The third-order valence-corrected chi connectivity index (χ3v) is 5.58. The molecule has 0 unspecified atom stereocenters. The second-order valence-corrected chi connectivity index (χ2v) is 7.33. The smallest absolute Gasteiger partial charge is 0.209 e. The summed E-state index contributed by atoms with van der Waals surface area (Å²) in [4.78, 5) is 4.72. The molecule has 1 aromatic carbocycles. The van der Waals surface area contributed by atoms with E-state index in [4.69, 9.17) is 9.72 Å². The molecule has 0 spiro atoms. The fourth-order valence-electron chi connectivity index (χ4n) is 2.33. The van der Waals surface area contributed by atoms with E-state index in [9.17, 15) is 0 Å². The van der Waals surface area contributed by atoms with E-state index in [2.05, 4.69) is 20.9 Å².